The fourth-order valence-corrected chi connectivity index (χ4v) is 6.16. The molecule has 0 radical (unpaired) electrons. The Kier molecular flexibility index (Phi) is 8.41. The van der Waals surface area contributed by atoms with Crippen molar-refractivity contribution in [3.05, 3.63) is 50.9 Å². The second kappa shape index (κ2) is 11.5. The topological polar surface area (TPSA) is 61.9 Å². The summed E-state index contributed by atoms with van der Waals surface area (Å²) in [4.78, 5) is 31.2. The van der Waals surface area contributed by atoms with E-state index in [4.69, 9.17) is 16.3 Å². The molecule has 6 nitrogen and oxygen atoms in total. The van der Waals surface area contributed by atoms with E-state index in [0.717, 1.165) is 74.6 Å². The van der Waals surface area contributed by atoms with E-state index in [9.17, 15) is 9.59 Å². The molecule has 1 saturated heterocycles. The molecule has 0 bridgehead atoms. The molecule has 33 heavy (non-hydrogen) atoms. The zero-order valence-corrected chi connectivity index (χ0v) is 20.8. The average Bonchev–Trinajstić information content (AvgIpc) is 3.11. The lowest BCUT2D eigenvalue weighted by molar-refractivity contribution is -0.117. The van der Waals surface area contributed by atoms with Crippen molar-refractivity contribution in [1.29, 1.82) is 0 Å². The van der Waals surface area contributed by atoms with Gasteiger partial charge in [-0.2, -0.15) is 0 Å². The molecule has 1 aliphatic heterocycles. The molecule has 0 spiro atoms. The standard InChI is InChI=1S/C25H32ClN3O3S/c1-32-25(31)23-19-9-4-2-3-5-11-21(19)33-24(23)27-22(30)17-29-14-12-28(13-15-29)16-18-8-6-7-10-20(18)26/h6-8,10H,2-5,9,11-17H2,1H3,(H,27,30). The Bertz CT molecular complexity index is 985. The van der Waals surface area contributed by atoms with E-state index in [2.05, 4.69) is 21.2 Å². The number of anilines is 1. The summed E-state index contributed by atoms with van der Waals surface area (Å²) < 4.78 is 5.07. The molecule has 8 heteroatoms. The Morgan fingerprint density at radius 3 is 2.45 bits per heavy atom. The van der Waals surface area contributed by atoms with Crippen LogP contribution >= 0.6 is 22.9 Å². The summed E-state index contributed by atoms with van der Waals surface area (Å²) in [5.74, 6) is -0.425. The van der Waals surface area contributed by atoms with Crippen LogP contribution in [0.4, 0.5) is 5.00 Å². The summed E-state index contributed by atoms with van der Waals surface area (Å²) in [7, 11) is 1.41. The third-order valence-corrected chi connectivity index (χ3v) is 8.07. The monoisotopic (exact) mass is 489 g/mol. The highest BCUT2D eigenvalue weighted by Crippen LogP contribution is 2.37. The number of nitrogens with one attached hydrogen (secondary N) is 1. The molecule has 178 valence electrons. The van der Waals surface area contributed by atoms with E-state index < -0.39 is 0 Å². The quantitative estimate of drug-likeness (QED) is 0.601. The van der Waals surface area contributed by atoms with Gasteiger partial charge in [0.15, 0.2) is 0 Å². The predicted octanol–water partition coefficient (Wildman–Crippen LogP) is 4.60. The Hall–Kier alpha value is -1.93. The highest BCUT2D eigenvalue weighted by molar-refractivity contribution is 7.17. The van der Waals surface area contributed by atoms with Gasteiger partial charge in [0.1, 0.15) is 5.00 Å². The van der Waals surface area contributed by atoms with Crippen molar-refractivity contribution in [2.45, 2.75) is 45.1 Å². The normalized spacial score (nSPS) is 17.6. The van der Waals surface area contributed by atoms with Crippen molar-refractivity contribution in [1.82, 2.24) is 9.80 Å². The number of carbonyl (C=O) groups is 2. The molecule has 1 aromatic carbocycles. The first-order chi connectivity index (χ1) is 16.0. The predicted molar refractivity (Wildman–Crippen MR) is 133 cm³/mol. The van der Waals surface area contributed by atoms with Gasteiger partial charge >= 0.3 is 5.97 Å². The summed E-state index contributed by atoms with van der Waals surface area (Å²) in [6.45, 7) is 4.57. The van der Waals surface area contributed by atoms with Gasteiger partial charge in [-0.3, -0.25) is 14.6 Å². The number of hydrogen-bond donors (Lipinski definition) is 1. The lowest BCUT2D eigenvalue weighted by Crippen LogP contribution is -2.48. The van der Waals surface area contributed by atoms with Gasteiger partial charge in [0, 0.05) is 42.6 Å². The fourth-order valence-electron chi connectivity index (χ4n) is 4.67. The minimum Gasteiger partial charge on any atom is -0.465 e. The summed E-state index contributed by atoms with van der Waals surface area (Å²) in [5, 5.41) is 4.48. The number of carbonyl (C=O) groups excluding carboxylic acids is 2. The van der Waals surface area contributed by atoms with Crippen LogP contribution in [0.5, 0.6) is 0 Å². The number of thiophene rings is 1. The van der Waals surface area contributed by atoms with Gasteiger partial charge in [-0.1, -0.05) is 42.6 Å². The van der Waals surface area contributed by atoms with E-state index in [0.29, 0.717) is 17.1 Å². The maximum atomic E-state index is 12.9. The lowest BCUT2D eigenvalue weighted by Gasteiger charge is -2.34. The van der Waals surface area contributed by atoms with E-state index in [1.165, 1.54) is 24.8 Å². The van der Waals surface area contributed by atoms with Crippen LogP contribution < -0.4 is 5.32 Å². The number of benzene rings is 1. The lowest BCUT2D eigenvalue weighted by atomic mass is 9.96. The smallest absolute Gasteiger partial charge is 0.341 e. The number of ether oxygens (including phenoxy) is 1. The van der Waals surface area contributed by atoms with Crippen LogP contribution in [0.15, 0.2) is 24.3 Å². The van der Waals surface area contributed by atoms with Gasteiger partial charge in [0.2, 0.25) is 5.91 Å². The van der Waals surface area contributed by atoms with E-state index in [-0.39, 0.29) is 11.9 Å². The van der Waals surface area contributed by atoms with Gasteiger partial charge in [-0.25, -0.2) is 4.79 Å². The molecule has 2 aliphatic rings. The van der Waals surface area contributed by atoms with Crippen LogP contribution in [0, 0.1) is 0 Å². The number of nitrogens with zero attached hydrogens (tertiary/aromatic N) is 2. The largest absolute Gasteiger partial charge is 0.465 e. The van der Waals surface area contributed by atoms with E-state index >= 15 is 0 Å². The number of aryl methyl sites for hydroxylation is 1. The van der Waals surface area contributed by atoms with Gasteiger partial charge < -0.3 is 10.1 Å². The number of methoxy groups -OCH3 is 1. The molecule has 0 saturated carbocycles. The molecule has 1 amide bonds. The molecular formula is C25H32ClN3O3S. The van der Waals surface area contributed by atoms with Crippen LogP contribution in [0.3, 0.4) is 0 Å². The van der Waals surface area contributed by atoms with Crippen molar-refractivity contribution in [3.63, 3.8) is 0 Å². The van der Waals surface area contributed by atoms with Gasteiger partial charge in [0.25, 0.3) is 0 Å². The Balaban J connectivity index is 1.35. The van der Waals surface area contributed by atoms with Crippen LogP contribution in [-0.4, -0.2) is 61.5 Å². The number of rotatable bonds is 6. The first kappa shape index (κ1) is 24.2. The number of amides is 1. The molecule has 1 aliphatic carbocycles. The van der Waals surface area contributed by atoms with Crippen molar-refractivity contribution in [2.75, 3.05) is 45.2 Å². The summed E-state index contributed by atoms with van der Waals surface area (Å²) in [6.07, 6.45) is 6.43. The highest BCUT2D eigenvalue weighted by Gasteiger charge is 2.27. The first-order valence-electron chi connectivity index (χ1n) is 11.8. The van der Waals surface area contributed by atoms with Crippen LogP contribution in [0.25, 0.3) is 0 Å². The minimum absolute atomic E-state index is 0.0751. The zero-order valence-electron chi connectivity index (χ0n) is 19.2. The molecule has 2 heterocycles. The van der Waals surface area contributed by atoms with E-state index in [1.807, 2.05) is 18.2 Å². The average molecular weight is 490 g/mol. The van der Waals surface area contributed by atoms with Crippen LogP contribution in [0.2, 0.25) is 5.02 Å². The summed E-state index contributed by atoms with van der Waals surface area (Å²) >= 11 is 7.85. The molecule has 1 fully saturated rings. The zero-order chi connectivity index (χ0) is 23.2. The fraction of sp³-hybridized carbons (Fsp3) is 0.520. The Morgan fingerprint density at radius 1 is 1.03 bits per heavy atom. The SMILES string of the molecule is COC(=O)c1c(NC(=O)CN2CCN(Cc3ccccc3Cl)CC2)sc2c1CCCCCC2. The second-order valence-corrected chi connectivity index (χ2v) is 10.3. The molecule has 1 N–H and O–H groups in total. The number of hydrogen-bond acceptors (Lipinski definition) is 6. The molecule has 0 atom stereocenters. The molecule has 1 aromatic heterocycles. The van der Waals surface area contributed by atoms with Crippen LogP contribution in [0.1, 0.15) is 52.0 Å². The second-order valence-electron chi connectivity index (χ2n) is 8.81. The van der Waals surface area contributed by atoms with Crippen molar-refractivity contribution < 1.29 is 14.3 Å². The third kappa shape index (κ3) is 6.15. The Morgan fingerprint density at radius 2 is 1.73 bits per heavy atom. The number of esters is 1. The molecular weight excluding hydrogens is 458 g/mol. The third-order valence-electron chi connectivity index (χ3n) is 6.50. The van der Waals surface area contributed by atoms with Crippen molar-refractivity contribution >= 4 is 39.8 Å². The van der Waals surface area contributed by atoms with Gasteiger partial charge in [-0.15, -0.1) is 11.3 Å². The summed E-state index contributed by atoms with van der Waals surface area (Å²) in [6, 6.07) is 7.94. The minimum atomic E-state index is -0.350. The van der Waals surface area contributed by atoms with Crippen LogP contribution in [-0.2, 0) is 28.9 Å². The number of fused-ring (bicyclic) bond motifs is 1. The number of piperazine rings is 1. The Labute approximate surface area is 204 Å². The highest BCUT2D eigenvalue weighted by atomic mass is 35.5. The first-order valence-corrected chi connectivity index (χ1v) is 13.0. The van der Waals surface area contributed by atoms with Crippen molar-refractivity contribution in [3.8, 4) is 0 Å². The van der Waals surface area contributed by atoms with Crippen molar-refractivity contribution in [2.24, 2.45) is 0 Å². The molecule has 0 unspecified atom stereocenters. The molecule has 2 aromatic rings. The number of halogens is 1. The summed E-state index contributed by atoms with van der Waals surface area (Å²) in [5.41, 5.74) is 2.78. The maximum Gasteiger partial charge on any atom is 0.341 e. The molecule has 4 rings (SSSR count). The van der Waals surface area contributed by atoms with Gasteiger partial charge in [0.05, 0.1) is 19.2 Å². The van der Waals surface area contributed by atoms with Gasteiger partial charge in [-0.05, 0) is 42.9 Å². The van der Waals surface area contributed by atoms with E-state index in [1.54, 1.807) is 11.3 Å². The maximum absolute atomic E-state index is 12.9.